The fraction of sp³-hybridized carbons (Fsp3) is 0.423. The number of hydrogen-bond donors (Lipinski definition) is 1. The molecule has 0 aromatic heterocycles. The minimum absolute atomic E-state index is 0.0167. The highest BCUT2D eigenvalue weighted by Gasteiger charge is 2.35. The number of aryl methyl sites for hydroxylation is 1. The average molecular weight is 492 g/mol. The number of fused-ring (bicyclic) bond motifs is 1. The van der Waals surface area contributed by atoms with E-state index in [1.807, 2.05) is 18.2 Å². The molecule has 0 amide bonds. The van der Waals surface area contributed by atoms with Crippen LogP contribution in [0.15, 0.2) is 42.0 Å². The van der Waals surface area contributed by atoms with E-state index in [2.05, 4.69) is 11.8 Å². The number of hydrogen-bond acceptors (Lipinski definition) is 5. The van der Waals surface area contributed by atoms with Crippen LogP contribution in [-0.2, 0) is 23.9 Å². The summed E-state index contributed by atoms with van der Waals surface area (Å²) in [6.45, 7) is 5.88. The molecule has 2 aromatic rings. The monoisotopic (exact) mass is 491 g/mol. The van der Waals surface area contributed by atoms with Gasteiger partial charge in [-0.05, 0) is 73.2 Å². The van der Waals surface area contributed by atoms with Crippen molar-refractivity contribution in [3.05, 3.63) is 64.2 Å². The third-order valence-electron chi connectivity index (χ3n) is 6.37. The molecule has 188 valence electrons. The molecule has 1 saturated heterocycles. The quantitative estimate of drug-likeness (QED) is 0.472. The Bertz CT molecular complexity index is 1120. The van der Waals surface area contributed by atoms with Gasteiger partial charge in [0.15, 0.2) is 0 Å². The van der Waals surface area contributed by atoms with Crippen LogP contribution in [0.2, 0.25) is 0 Å². The molecule has 0 unspecified atom stereocenters. The number of halogens is 3. The summed E-state index contributed by atoms with van der Waals surface area (Å²) in [7, 11) is 0. The Morgan fingerprint density at radius 2 is 1.89 bits per heavy atom. The molecule has 35 heavy (non-hydrogen) atoms. The number of benzene rings is 2. The molecule has 1 aliphatic carbocycles. The first-order valence-corrected chi connectivity index (χ1v) is 11.5. The highest BCUT2D eigenvalue weighted by atomic mass is 19.4. The first kappa shape index (κ1) is 24.9. The molecule has 1 N–H and O–H groups in total. The van der Waals surface area contributed by atoms with Crippen molar-refractivity contribution >= 4 is 11.7 Å². The molecule has 1 aliphatic heterocycles. The molecule has 6 nitrogen and oxygen atoms in total. The van der Waals surface area contributed by atoms with Crippen molar-refractivity contribution in [1.82, 2.24) is 4.90 Å². The van der Waals surface area contributed by atoms with E-state index in [1.165, 1.54) is 17.2 Å². The number of nitrogens with zero attached hydrogens (tertiary/aromatic N) is 1. The predicted octanol–water partition coefficient (Wildman–Crippen LogP) is 5.78. The number of likely N-dealkylation sites (tertiary alicyclic amines) is 1. The largest absolute Gasteiger partial charge is 0.506 e. The van der Waals surface area contributed by atoms with Gasteiger partial charge in [-0.2, -0.15) is 13.2 Å². The Balaban J connectivity index is 1.40. The van der Waals surface area contributed by atoms with Crippen molar-refractivity contribution in [2.75, 3.05) is 26.2 Å². The zero-order chi connectivity index (χ0) is 25.2. The zero-order valence-corrected chi connectivity index (χ0v) is 19.7. The van der Waals surface area contributed by atoms with Crippen LogP contribution in [0.5, 0.6) is 11.5 Å². The number of allylic oxidation sites excluding steroid dienone is 1. The highest BCUT2D eigenvalue weighted by molar-refractivity contribution is 5.72. The lowest BCUT2D eigenvalue weighted by Crippen LogP contribution is -2.53. The maximum Gasteiger partial charge on any atom is 0.506 e. The van der Waals surface area contributed by atoms with Crippen molar-refractivity contribution in [2.45, 2.75) is 45.6 Å². The van der Waals surface area contributed by atoms with Crippen molar-refractivity contribution < 1.29 is 37.3 Å². The van der Waals surface area contributed by atoms with Crippen molar-refractivity contribution in [1.29, 1.82) is 0 Å². The van der Waals surface area contributed by atoms with Gasteiger partial charge in [0.25, 0.3) is 0 Å². The fourth-order valence-corrected chi connectivity index (χ4v) is 4.57. The summed E-state index contributed by atoms with van der Waals surface area (Å²) in [6, 6.07) is 9.77. The lowest BCUT2D eigenvalue weighted by Gasteiger charge is -2.39. The van der Waals surface area contributed by atoms with Gasteiger partial charge in [-0.15, -0.1) is 0 Å². The van der Waals surface area contributed by atoms with Crippen LogP contribution in [0.1, 0.15) is 42.5 Å². The summed E-state index contributed by atoms with van der Waals surface area (Å²) in [5.41, 5.74) is 4.40. The Kier molecular flexibility index (Phi) is 7.25. The first-order valence-electron chi connectivity index (χ1n) is 11.5. The van der Waals surface area contributed by atoms with Gasteiger partial charge in [0.2, 0.25) is 0 Å². The van der Waals surface area contributed by atoms with Crippen molar-refractivity contribution in [3.8, 4) is 11.5 Å². The third-order valence-corrected chi connectivity index (χ3v) is 6.37. The summed E-state index contributed by atoms with van der Waals surface area (Å²) in [5, 5.41) is 8.70. The second-order valence-electron chi connectivity index (χ2n) is 8.80. The Morgan fingerprint density at radius 1 is 1.11 bits per heavy atom. The van der Waals surface area contributed by atoms with Crippen molar-refractivity contribution in [2.24, 2.45) is 0 Å². The highest BCUT2D eigenvalue weighted by Crippen LogP contribution is 2.38. The van der Waals surface area contributed by atoms with Crippen molar-refractivity contribution in [3.63, 3.8) is 0 Å². The average Bonchev–Trinajstić information content (AvgIpc) is 2.77. The number of alkyl halides is 3. The zero-order valence-electron chi connectivity index (χ0n) is 19.7. The van der Waals surface area contributed by atoms with Gasteiger partial charge in [-0.1, -0.05) is 17.7 Å². The first-order chi connectivity index (χ1) is 16.6. The summed E-state index contributed by atoms with van der Waals surface area (Å²) in [4.78, 5) is 12.8. The van der Waals surface area contributed by atoms with Gasteiger partial charge in [-0.3, -0.25) is 4.90 Å². The topological polar surface area (TPSA) is 68.2 Å². The molecule has 1 heterocycles. The van der Waals surface area contributed by atoms with E-state index in [-0.39, 0.29) is 25.1 Å². The van der Waals surface area contributed by atoms with Gasteiger partial charge < -0.3 is 19.3 Å². The molecule has 9 heteroatoms. The molecule has 2 aliphatic rings. The second-order valence-corrected chi connectivity index (χ2v) is 8.80. The van der Waals surface area contributed by atoms with Gasteiger partial charge in [0, 0.05) is 19.6 Å². The summed E-state index contributed by atoms with van der Waals surface area (Å²) in [6.07, 6.45) is -4.28. The maximum atomic E-state index is 13.4. The van der Waals surface area contributed by atoms with Crippen LogP contribution >= 0.6 is 0 Å². The minimum atomic E-state index is -4.51. The van der Waals surface area contributed by atoms with Crippen LogP contribution in [0, 0.1) is 0 Å². The molecule has 0 saturated carbocycles. The van der Waals surface area contributed by atoms with Crippen LogP contribution in [-0.4, -0.2) is 48.5 Å². The van der Waals surface area contributed by atoms with E-state index in [9.17, 15) is 18.0 Å². The third kappa shape index (κ3) is 5.90. The van der Waals surface area contributed by atoms with E-state index < -0.39 is 17.9 Å². The fourth-order valence-electron chi connectivity index (χ4n) is 4.57. The van der Waals surface area contributed by atoms with E-state index in [0.717, 1.165) is 36.6 Å². The Morgan fingerprint density at radius 3 is 2.57 bits per heavy atom. The molecular weight excluding hydrogens is 463 g/mol. The normalized spacial score (nSPS) is 16.5. The van der Waals surface area contributed by atoms with Crippen LogP contribution < -0.4 is 9.47 Å². The standard InChI is InChI=1S/C26H28F3NO5/c1-3-33-24-9-4-17(10-23(24)26(27,28)29)15-34-20-7-8-22-16(2)19(6-5-18(22)11-20)12-30-13-21(14-30)35-25(31)32/h4,7-11,21H,3,5-6,12-15H2,1-2H3,(H,31,32). The molecule has 0 spiro atoms. The molecule has 4 rings (SSSR count). The Hall–Kier alpha value is -3.20. The summed E-state index contributed by atoms with van der Waals surface area (Å²) < 4.78 is 55.9. The molecule has 0 bridgehead atoms. The molecule has 0 atom stereocenters. The van der Waals surface area contributed by atoms with E-state index >= 15 is 0 Å². The van der Waals surface area contributed by atoms with Crippen LogP contribution in [0.25, 0.3) is 5.57 Å². The second kappa shape index (κ2) is 10.2. The molecule has 1 fully saturated rings. The van der Waals surface area contributed by atoms with E-state index in [1.54, 1.807) is 13.0 Å². The maximum absolute atomic E-state index is 13.4. The number of carbonyl (C=O) groups is 1. The SMILES string of the molecule is CCOc1ccc(COc2ccc3c(c2)CCC(CN2CC(OC(=O)O)C2)=C3C)cc1C(F)(F)F. The molecular formula is C26H28F3NO5. The molecule has 2 aromatic carbocycles. The van der Waals surface area contributed by atoms with Crippen LogP contribution in [0.4, 0.5) is 18.0 Å². The number of carboxylic acid groups (broad SMARTS) is 1. The van der Waals surface area contributed by atoms with Gasteiger partial charge in [-0.25, -0.2) is 4.79 Å². The molecule has 0 radical (unpaired) electrons. The summed E-state index contributed by atoms with van der Waals surface area (Å²) in [5.74, 6) is 0.428. The Labute approximate surface area is 201 Å². The smallest absolute Gasteiger partial charge is 0.493 e. The number of rotatable bonds is 8. The summed E-state index contributed by atoms with van der Waals surface area (Å²) >= 11 is 0. The van der Waals surface area contributed by atoms with Gasteiger partial charge in [0.05, 0.1) is 12.2 Å². The predicted molar refractivity (Wildman–Crippen MR) is 124 cm³/mol. The lowest BCUT2D eigenvalue weighted by atomic mass is 9.85. The number of ether oxygens (including phenoxy) is 3. The van der Waals surface area contributed by atoms with Crippen LogP contribution in [0.3, 0.4) is 0 Å². The van der Waals surface area contributed by atoms with E-state index in [0.29, 0.717) is 24.4 Å². The van der Waals surface area contributed by atoms with Gasteiger partial charge >= 0.3 is 12.3 Å². The minimum Gasteiger partial charge on any atom is -0.493 e. The van der Waals surface area contributed by atoms with Gasteiger partial charge in [0.1, 0.15) is 24.2 Å². The lowest BCUT2D eigenvalue weighted by molar-refractivity contribution is -0.139. The van der Waals surface area contributed by atoms with E-state index in [4.69, 9.17) is 19.3 Å².